The summed E-state index contributed by atoms with van der Waals surface area (Å²) in [5, 5.41) is 0. The van der Waals surface area contributed by atoms with Crippen molar-refractivity contribution in [1.82, 2.24) is 4.31 Å². The van der Waals surface area contributed by atoms with E-state index in [4.69, 9.17) is 4.74 Å². The maximum Gasteiger partial charge on any atom is 0.338 e. The molecule has 0 aliphatic carbocycles. The lowest BCUT2D eigenvalue weighted by molar-refractivity contribution is -0.126. The second-order valence-electron chi connectivity index (χ2n) is 7.55. The highest BCUT2D eigenvalue weighted by molar-refractivity contribution is 7.89. The number of esters is 1. The summed E-state index contributed by atoms with van der Waals surface area (Å²) in [5.74, 6) is -0.935. The first-order valence-corrected chi connectivity index (χ1v) is 11.5. The van der Waals surface area contributed by atoms with Crippen LogP contribution < -0.4 is 4.90 Å². The number of ether oxygens (including phenoxy) is 1. The van der Waals surface area contributed by atoms with Gasteiger partial charge in [-0.2, -0.15) is 4.31 Å². The van der Waals surface area contributed by atoms with Crippen molar-refractivity contribution in [2.75, 3.05) is 24.5 Å². The summed E-state index contributed by atoms with van der Waals surface area (Å²) in [4.78, 5) is 27.0. The van der Waals surface area contributed by atoms with Crippen LogP contribution in [0.15, 0.2) is 53.4 Å². The highest BCUT2D eigenvalue weighted by Gasteiger charge is 2.30. The predicted molar refractivity (Wildman–Crippen MR) is 112 cm³/mol. The molecule has 0 saturated carbocycles. The molecule has 1 atom stereocenters. The van der Waals surface area contributed by atoms with Gasteiger partial charge in [0.15, 0.2) is 6.10 Å². The van der Waals surface area contributed by atoms with Crippen molar-refractivity contribution in [2.24, 2.45) is 0 Å². The number of amides is 1. The molecule has 8 heteroatoms. The summed E-state index contributed by atoms with van der Waals surface area (Å²) in [6.07, 6.45) is 1.54. The largest absolute Gasteiger partial charge is 0.449 e. The van der Waals surface area contributed by atoms with Crippen molar-refractivity contribution in [3.63, 3.8) is 0 Å². The maximum atomic E-state index is 12.8. The van der Waals surface area contributed by atoms with Gasteiger partial charge in [-0.05, 0) is 62.1 Å². The Kier molecular flexibility index (Phi) is 5.62. The van der Waals surface area contributed by atoms with Crippen molar-refractivity contribution < 1.29 is 22.7 Å². The first kappa shape index (κ1) is 20.6. The number of anilines is 1. The number of hydrogen-bond acceptors (Lipinski definition) is 5. The maximum absolute atomic E-state index is 12.8. The van der Waals surface area contributed by atoms with Gasteiger partial charge in [-0.1, -0.05) is 18.2 Å². The number of benzene rings is 2. The van der Waals surface area contributed by atoms with E-state index in [1.54, 1.807) is 11.8 Å². The molecule has 158 valence electrons. The molecule has 0 unspecified atom stereocenters. The number of rotatable bonds is 5. The monoisotopic (exact) mass is 428 g/mol. The SMILES string of the molecule is C[C@@H](OC(=O)c1ccc(S(=O)(=O)N2CCCC2)cc1)C(=O)N1CCc2ccccc21. The van der Waals surface area contributed by atoms with Crippen LogP contribution in [0.3, 0.4) is 0 Å². The lowest BCUT2D eigenvalue weighted by Crippen LogP contribution is -2.39. The summed E-state index contributed by atoms with van der Waals surface area (Å²) in [5.41, 5.74) is 2.15. The summed E-state index contributed by atoms with van der Waals surface area (Å²) in [6, 6.07) is 13.3. The third-order valence-electron chi connectivity index (χ3n) is 5.58. The molecule has 0 N–H and O–H groups in total. The smallest absolute Gasteiger partial charge is 0.338 e. The molecular weight excluding hydrogens is 404 g/mol. The first-order valence-electron chi connectivity index (χ1n) is 10.1. The third-order valence-corrected chi connectivity index (χ3v) is 7.49. The van der Waals surface area contributed by atoms with E-state index in [-0.39, 0.29) is 16.4 Å². The Hall–Kier alpha value is -2.71. The number of fused-ring (bicyclic) bond motifs is 1. The molecule has 1 saturated heterocycles. The Bertz CT molecular complexity index is 1060. The van der Waals surface area contributed by atoms with Gasteiger partial charge < -0.3 is 9.64 Å². The van der Waals surface area contributed by atoms with Crippen LogP contribution >= 0.6 is 0 Å². The number of nitrogens with zero attached hydrogens (tertiary/aromatic N) is 2. The van der Waals surface area contributed by atoms with Crippen molar-refractivity contribution >= 4 is 27.6 Å². The van der Waals surface area contributed by atoms with Crippen LogP contribution in [-0.2, 0) is 26.0 Å². The second-order valence-corrected chi connectivity index (χ2v) is 9.49. The fourth-order valence-electron chi connectivity index (χ4n) is 3.91. The number of hydrogen-bond donors (Lipinski definition) is 0. The van der Waals surface area contributed by atoms with Gasteiger partial charge >= 0.3 is 5.97 Å². The minimum absolute atomic E-state index is 0.152. The fraction of sp³-hybridized carbons (Fsp3) is 0.364. The number of carbonyl (C=O) groups is 2. The number of sulfonamides is 1. The van der Waals surface area contributed by atoms with Gasteiger partial charge in [0.25, 0.3) is 5.91 Å². The molecule has 2 aliphatic rings. The van der Waals surface area contributed by atoms with Crippen LogP contribution in [0.2, 0.25) is 0 Å². The van der Waals surface area contributed by atoms with E-state index in [1.165, 1.54) is 28.6 Å². The molecule has 30 heavy (non-hydrogen) atoms. The summed E-state index contributed by atoms with van der Waals surface area (Å²) in [6.45, 7) is 3.15. The molecule has 4 rings (SSSR count). The zero-order valence-electron chi connectivity index (χ0n) is 16.8. The average Bonchev–Trinajstić information content (AvgIpc) is 3.44. The molecule has 2 aliphatic heterocycles. The summed E-state index contributed by atoms with van der Waals surface area (Å²) < 4.78 is 32.0. The van der Waals surface area contributed by atoms with E-state index in [9.17, 15) is 18.0 Å². The minimum Gasteiger partial charge on any atom is -0.449 e. The standard InChI is InChI=1S/C22H24N2O5S/c1-16(21(25)24-15-12-17-6-2-3-7-20(17)24)29-22(26)18-8-10-19(11-9-18)30(27,28)23-13-4-5-14-23/h2-3,6-11,16H,4-5,12-15H2,1H3/t16-/m1/s1. The highest BCUT2D eigenvalue weighted by atomic mass is 32.2. The molecule has 7 nitrogen and oxygen atoms in total. The van der Waals surface area contributed by atoms with E-state index in [1.807, 2.05) is 24.3 Å². The van der Waals surface area contributed by atoms with E-state index in [0.717, 1.165) is 30.5 Å². The van der Waals surface area contributed by atoms with Gasteiger partial charge in [0.05, 0.1) is 10.5 Å². The van der Waals surface area contributed by atoms with E-state index in [2.05, 4.69) is 0 Å². The lowest BCUT2D eigenvalue weighted by atomic mass is 10.2. The van der Waals surface area contributed by atoms with Crippen molar-refractivity contribution in [1.29, 1.82) is 0 Å². The van der Waals surface area contributed by atoms with Gasteiger partial charge in [0.2, 0.25) is 10.0 Å². The van der Waals surface area contributed by atoms with Gasteiger partial charge in [-0.15, -0.1) is 0 Å². The van der Waals surface area contributed by atoms with Gasteiger partial charge in [-0.25, -0.2) is 13.2 Å². The third kappa shape index (κ3) is 3.85. The second kappa shape index (κ2) is 8.20. The normalized spacial score (nSPS) is 17.6. The topological polar surface area (TPSA) is 84.0 Å². The van der Waals surface area contributed by atoms with Crippen LogP contribution in [0.4, 0.5) is 5.69 Å². The molecule has 2 aromatic carbocycles. The Morgan fingerprint density at radius 2 is 1.63 bits per heavy atom. The first-order chi connectivity index (χ1) is 14.4. The Morgan fingerprint density at radius 3 is 2.33 bits per heavy atom. The zero-order valence-corrected chi connectivity index (χ0v) is 17.6. The molecule has 0 aromatic heterocycles. The van der Waals surface area contributed by atoms with Crippen molar-refractivity contribution in [2.45, 2.75) is 37.2 Å². The molecule has 2 aromatic rings. The minimum atomic E-state index is -3.54. The highest BCUT2D eigenvalue weighted by Crippen LogP contribution is 2.28. The van der Waals surface area contributed by atoms with Crippen LogP contribution in [-0.4, -0.2) is 50.3 Å². The molecular formula is C22H24N2O5S. The van der Waals surface area contributed by atoms with E-state index < -0.39 is 22.1 Å². The van der Waals surface area contributed by atoms with Crippen LogP contribution in [0.1, 0.15) is 35.7 Å². The molecule has 0 spiro atoms. The van der Waals surface area contributed by atoms with Crippen LogP contribution in [0, 0.1) is 0 Å². The Balaban J connectivity index is 1.42. The Morgan fingerprint density at radius 1 is 0.967 bits per heavy atom. The van der Waals surface area contributed by atoms with Crippen molar-refractivity contribution in [3.8, 4) is 0 Å². The summed E-state index contributed by atoms with van der Waals surface area (Å²) in [7, 11) is -3.54. The average molecular weight is 429 g/mol. The van der Waals surface area contributed by atoms with E-state index >= 15 is 0 Å². The number of carbonyl (C=O) groups excluding carboxylic acids is 2. The summed E-state index contributed by atoms with van der Waals surface area (Å²) >= 11 is 0. The van der Waals surface area contributed by atoms with Gasteiger partial charge in [0.1, 0.15) is 0 Å². The molecule has 1 amide bonds. The Labute approximate surface area is 176 Å². The molecule has 2 heterocycles. The molecule has 0 radical (unpaired) electrons. The molecule has 1 fully saturated rings. The van der Waals surface area contributed by atoms with Crippen molar-refractivity contribution in [3.05, 3.63) is 59.7 Å². The van der Waals surface area contributed by atoms with Gasteiger partial charge in [-0.3, -0.25) is 4.79 Å². The fourth-order valence-corrected chi connectivity index (χ4v) is 5.42. The zero-order chi connectivity index (χ0) is 21.3. The predicted octanol–water partition coefficient (Wildman–Crippen LogP) is 2.61. The van der Waals surface area contributed by atoms with E-state index in [0.29, 0.717) is 19.6 Å². The van der Waals surface area contributed by atoms with Crippen LogP contribution in [0.25, 0.3) is 0 Å². The van der Waals surface area contributed by atoms with Crippen LogP contribution in [0.5, 0.6) is 0 Å². The quantitative estimate of drug-likeness (QED) is 0.684. The van der Waals surface area contributed by atoms with Gasteiger partial charge in [0, 0.05) is 25.3 Å². The number of para-hydroxylation sites is 1. The lowest BCUT2D eigenvalue weighted by Gasteiger charge is -2.21. The molecule has 0 bridgehead atoms.